The van der Waals surface area contributed by atoms with E-state index in [2.05, 4.69) is 37.2 Å². The Morgan fingerprint density at radius 2 is 2.05 bits per heavy atom. The summed E-state index contributed by atoms with van der Waals surface area (Å²) in [6.45, 7) is 0.612. The molecule has 1 fully saturated rings. The van der Waals surface area contributed by atoms with Gasteiger partial charge in [-0.25, -0.2) is 4.39 Å². The van der Waals surface area contributed by atoms with Crippen LogP contribution in [0.2, 0.25) is 0 Å². The van der Waals surface area contributed by atoms with Crippen LogP contribution < -0.4 is 5.32 Å². The van der Waals surface area contributed by atoms with Crippen molar-refractivity contribution in [2.45, 2.75) is 44.7 Å². The number of halogens is 2. The molecule has 0 spiro atoms. The molecule has 3 nitrogen and oxygen atoms in total. The quantitative estimate of drug-likeness (QED) is 0.848. The number of rotatable bonds is 4. The number of hydrogen-bond acceptors (Lipinski definition) is 2. The Bertz CT molecular complexity index is 605. The van der Waals surface area contributed by atoms with Crippen molar-refractivity contribution < 1.29 is 4.39 Å². The molecule has 1 aliphatic carbocycles. The van der Waals surface area contributed by atoms with Gasteiger partial charge in [0.25, 0.3) is 0 Å². The van der Waals surface area contributed by atoms with Gasteiger partial charge in [-0.05, 0) is 53.0 Å². The van der Waals surface area contributed by atoms with Gasteiger partial charge >= 0.3 is 0 Å². The first-order chi connectivity index (χ1) is 10.2. The number of aromatic nitrogens is 2. The Balaban J connectivity index is 1.60. The normalized spacial score (nSPS) is 16.1. The van der Waals surface area contributed by atoms with Gasteiger partial charge in [-0.1, -0.05) is 19.3 Å². The summed E-state index contributed by atoms with van der Waals surface area (Å²) in [6.07, 6.45) is 8.47. The van der Waals surface area contributed by atoms with Gasteiger partial charge in [-0.2, -0.15) is 5.10 Å². The Morgan fingerprint density at radius 3 is 2.81 bits per heavy atom. The Kier molecular flexibility index (Phi) is 4.58. The second-order valence-corrected chi connectivity index (χ2v) is 6.42. The van der Waals surface area contributed by atoms with Crippen molar-refractivity contribution in [2.24, 2.45) is 0 Å². The summed E-state index contributed by atoms with van der Waals surface area (Å²) in [7, 11) is 0. The van der Waals surface area contributed by atoms with E-state index in [4.69, 9.17) is 0 Å². The molecule has 21 heavy (non-hydrogen) atoms. The maximum Gasteiger partial charge on any atom is 0.139 e. The van der Waals surface area contributed by atoms with E-state index in [9.17, 15) is 4.39 Å². The van der Waals surface area contributed by atoms with Gasteiger partial charge in [0.05, 0.1) is 22.8 Å². The lowest BCUT2D eigenvalue weighted by Gasteiger charge is -2.21. The van der Waals surface area contributed by atoms with Crippen LogP contribution in [-0.2, 0) is 6.54 Å². The lowest BCUT2D eigenvalue weighted by Crippen LogP contribution is -2.13. The molecule has 0 bridgehead atoms. The largest absolute Gasteiger partial charge is 0.379 e. The summed E-state index contributed by atoms with van der Waals surface area (Å²) in [6, 6.07) is 7.64. The first-order valence-electron chi connectivity index (χ1n) is 7.45. The lowest BCUT2D eigenvalue weighted by atomic mass is 9.96. The van der Waals surface area contributed by atoms with Crippen LogP contribution in [0, 0.1) is 5.82 Å². The minimum Gasteiger partial charge on any atom is -0.379 e. The number of anilines is 1. The van der Waals surface area contributed by atoms with E-state index in [1.54, 1.807) is 6.07 Å². The van der Waals surface area contributed by atoms with Crippen molar-refractivity contribution in [3.63, 3.8) is 0 Å². The molecule has 2 aromatic rings. The van der Waals surface area contributed by atoms with E-state index in [1.807, 2.05) is 12.1 Å². The molecule has 0 atom stereocenters. The summed E-state index contributed by atoms with van der Waals surface area (Å²) in [5.74, 6) is -0.257. The molecule has 0 amide bonds. The second-order valence-electron chi connectivity index (χ2n) is 5.56. The monoisotopic (exact) mass is 351 g/mol. The van der Waals surface area contributed by atoms with Crippen LogP contribution in [0.3, 0.4) is 0 Å². The highest BCUT2D eigenvalue weighted by Crippen LogP contribution is 2.27. The van der Waals surface area contributed by atoms with Gasteiger partial charge in [0, 0.05) is 11.9 Å². The third-order valence-corrected chi connectivity index (χ3v) is 4.65. The van der Waals surface area contributed by atoms with Gasteiger partial charge in [-0.3, -0.25) is 4.68 Å². The Morgan fingerprint density at radius 1 is 1.24 bits per heavy atom. The molecule has 0 aliphatic heterocycles. The molecule has 5 heteroatoms. The van der Waals surface area contributed by atoms with Crippen molar-refractivity contribution in [3.05, 3.63) is 46.4 Å². The molecule has 3 rings (SSSR count). The highest BCUT2D eigenvalue weighted by atomic mass is 79.9. The fraction of sp³-hybridized carbons (Fsp3) is 0.438. The van der Waals surface area contributed by atoms with Crippen molar-refractivity contribution in [1.82, 2.24) is 9.78 Å². The van der Waals surface area contributed by atoms with Crippen LogP contribution in [0.15, 0.2) is 34.9 Å². The van der Waals surface area contributed by atoms with E-state index in [0.717, 1.165) is 11.4 Å². The number of nitrogens with zero attached hydrogens (tertiary/aromatic N) is 2. The molecule has 1 saturated carbocycles. The van der Waals surface area contributed by atoms with Crippen LogP contribution in [0.4, 0.5) is 10.1 Å². The molecule has 0 unspecified atom stereocenters. The van der Waals surface area contributed by atoms with Gasteiger partial charge in [0.2, 0.25) is 0 Å². The fourth-order valence-electron chi connectivity index (χ4n) is 2.82. The standard InChI is InChI=1S/C16H19BrFN3/c17-15-7-6-12(10-16(15)18)19-11-13-8-9-21(20-13)14-4-2-1-3-5-14/h6-10,14,19H,1-5,11H2. The molecular weight excluding hydrogens is 333 g/mol. The Hall–Kier alpha value is -1.36. The van der Waals surface area contributed by atoms with Crippen LogP contribution in [0.5, 0.6) is 0 Å². The highest BCUT2D eigenvalue weighted by molar-refractivity contribution is 9.10. The summed E-state index contributed by atoms with van der Waals surface area (Å²) in [4.78, 5) is 0. The molecule has 112 valence electrons. The van der Waals surface area contributed by atoms with Crippen molar-refractivity contribution in [3.8, 4) is 0 Å². The summed E-state index contributed by atoms with van der Waals surface area (Å²) >= 11 is 3.15. The third kappa shape index (κ3) is 3.64. The first-order valence-corrected chi connectivity index (χ1v) is 8.24. The smallest absolute Gasteiger partial charge is 0.139 e. The lowest BCUT2D eigenvalue weighted by molar-refractivity contribution is 0.328. The average Bonchev–Trinajstić information content (AvgIpc) is 2.98. The predicted octanol–water partition coefficient (Wildman–Crippen LogP) is 4.90. The molecule has 1 aromatic heterocycles. The molecule has 0 radical (unpaired) electrons. The van der Waals surface area contributed by atoms with Crippen LogP contribution in [0.25, 0.3) is 0 Å². The summed E-state index contributed by atoms with van der Waals surface area (Å²) in [5, 5.41) is 7.85. The predicted molar refractivity (Wildman–Crippen MR) is 85.8 cm³/mol. The molecule has 1 aliphatic rings. The zero-order valence-electron chi connectivity index (χ0n) is 11.9. The number of hydrogen-bond donors (Lipinski definition) is 1. The van der Waals surface area contributed by atoms with E-state index in [0.29, 0.717) is 17.1 Å². The minimum absolute atomic E-state index is 0.257. The van der Waals surface area contributed by atoms with Gasteiger partial charge in [0.15, 0.2) is 0 Å². The first kappa shape index (κ1) is 14.6. The zero-order valence-corrected chi connectivity index (χ0v) is 13.4. The number of nitrogens with one attached hydrogen (secondary N) is 1. The Labute approximate surface area is 132 Å². The summed E-state index contributed by atoms with van der Waals surface area (Å²) < 4.78 is 16.0. The zero-order chi connectivity index (χ0) is 14.7. The van der Waals surface area contributed by atoms with Crippen molar-refractivity contribution >= 4 is 21.6 Å². The van der Waals surface area contributed by atoms with Gasteiger partial charge < -0.3 is 5.32 Å². The van der Waals surface area contributed by atoms with Crippen molar-refractivity contribution in [1.29, 1.82) is 0 Å². The van der Waals surface area contributed by atoms with Crippen LogP contribution in [0.1, 0.15) is 43.8 Å². The van der Waals surface area contributed by atoms with E-state index >= 15 is 0 Å². The molecule has 1 N–H and O–H groups in total. The minimum atomic E-state index is -0.257. The topological polar surface area (TPSA) is 29.9 Å². The van der Waals surface area contributed by atoms with E-state index < -0.39 is 0 Å². The maximum absolute atomic E-state index is 13.4. The van der Waals surface area contributed by atoms with Crippen LogP contribution >= 0.6 is 15.9 Å². The molecular formula is C16H19BrFN3. The maximum atomic E-state index is 13.4. The molecule has 0 saturated heterocycles. The van der Waals surface area contributed by atoms with E-state index in [1.165, 1.54) is 38.2 Å². The van der Waals surface area contributed by atoms with Gasteiger partial charge in [0.1, 0.15) is 5.82 Å². The SMILES string of the molecule is Fc1cc(NCc2ccn(C3CCCCC3)n2)ccc1Br. The highest BCUT2D eigenvalue weighted by Gasteiger charge is 2.15. The molecule has 1 heterocycles. The van der Waals surface area contributed by atoms with Crippen LogP contribution in [-0.4, -0.2) is 9.78 Å². The van der Waals surface area contributed by atoms with Gasteiger partial charge in [-0.15, -0.1) is 0 Å². The average molecular weight is 352 g/mol. The summed E-state index contributed by atoms with van der Waals surface area (Å²) in [5.41, 5.74) is 1.76. The van der Waals surface area contributed by atoms with Crippen molar-refractivity contribution in [2.75, 3.05) is 5.32 Å². The third-order valence-electron chi connectivity index (χ3n) is 4.01. The second kappa shape index (κ2) is 6.60. The fourth-order valence-corrected chi connectivity index (χ4v) is 3.07. The molecule has 1 aromatic carbocycles. The number of benzene rings is 1. The van der Waals surface area contributed by atoms with E-state index in [-0.39, 0.29) is 5.82 Å².